The molecule has 1 saturated carbocycles. The molecule has 0 radical (unpaired) electrons. The molecule has 0 aromatic heterocycles. The maximum atomic E-state index is 12.1. The number of hydroxylamine groups is 1. The first-order valence-electron chi connectivity index (χ1n) is 7.78. The lowest BCUT2D eigenvalue weighted by atomic mass is 10.0. The molecule has 2 aliphatic rings. The summed E-state index contributed by atoms with van der Waals surface area (Å²) in [5, 5.41) is 9.53. The van der Waals surface area contributed by atoms with Crippen molar-refractivity contribution in [3.63, 3.8) is 0 Å². The lowest BCUT2D eigenvalue weighted by molar-refractivity contribution is -0.130. The molecule has 124 valence electrons. The SMILES string of the molecule is O=C(NO)[C@@H]1[C@H](c2ccccc2)[C@H]1c1cc(Cl)c2c(c1)OCCO2. The van der Waals surface area contributed by atoms with E-state index < -0.39 is 0 Å². The number of rotatable bonds is 3. The van der Waals surface area contributed by atoms with Gasteiger partial charge in [-0.25, -0.2) is 5.48 Å². The Morgan fingerprint density at radius 1 is 1.08 bits per heavy atom. The first-order valence-corrected chi connectivity index (χ1v) is 8.16. The average Bonchev–Trinajstić information content (AvgIpc) is 3.37. The number of hydrogen-bond donors (Lipinski definition) is 2. The van der Waals surface area contributed by atoms with Crippen LogP contribution in [0.2, 0.25) is 5.02 Å². The molecule has 0 saturated heterocycles. The summed E-state index contributed by atoms with van der Waals surface area (Å²) in [5.74, 6) is 0.359. The molecule has 1 aliphatic heterocycles. The molecule has 0 unspecified atom stereocenters. The summed E-state index contributed by atoms with van der Waals surface area (Å²) in [6.07, 6.45) is 0. The molecule has 0 spiro atoms. The van der Waals surface area contributed by atoms with Gasteiger partial charge in [0.15, 0.2) is 11.5 Å². The molecular weight excluding hydrogens is 330 g/mol. The van der Waals surface area contributed by atoms with Gasteiger partial charge in [0.25, 0.3) is 0 Å². The molecule has 2 aromatic rings. The number of carbonyl (C=O) groups excluding carboxylic acids is 1. The number of ether oxygens (including phenoxy) is 2. The van der Waals surface area contributed by atoms with Gasteiger partial charge in [-0.15, -0.1) is 0 Å². The van der Waals surface area contributed by atoms with Crippen molar-refractivity contribution >= 4 is 17.5 Å². The third-order valence-electron chi connectivity index (χ3n) is 4.62. The summed E-state index contributed by atoms with van der Waals surface area (Å²) in [5.41, 5.74) is 3.74. The molecule has 0 bridgehead atoms. The van der Waals surface area contributed by atoms with Gasteiger partial charge in [-0.2, -0.15) is 0 Å². The van der Waals surface area contributed by atoms with E-state index in [1.165, 1.54) is 0 Å². The lowest BCUT2D eigenvalue weighted by Gasteiger charge is -2.20. The average molecular weight is 346 g/mol. The molecule has 1 aliphatic carbocycles. The van der Waals surface area contributed by atoms with Gasteiger partial charge in [0, 0.05) is 11.8 Å². The minimum atomic E-state index is -0.389. The molecule has 6 heteroatoms. The van der Waals surface area contributed by atoms with E-state index in [-0.39, 0.29) is 23.7 Å². The van der Waals surface area contributed by atoms with Crippen LogP contribution in [0.4, 0.5) is 0 Å². The molecule has 5 nitrogen and oxygen atoms in total. The monoisotopic (exact) mass is 345 g/mol. The van der Waals surface area contributed by atoms with E-state index in [1.807, 2.05) is 42.5 Å². The Labute approximate surface area is 144 Å². The number of amides is 1. The molecule has 3 atom stereocenters. The normalized spacial score (nSPS) is 24.3. The van der Waals surface area contributed by atoms with Crippen LogP contribution in [0.15, 0.2) is 42.5 Å². The number of fused-ring (bicyclic) bond motifs is 1. The van der Waals surface area contributed by atoms with E-state index in [9.17, 15) is 4.79 Å². The number of benzene rings is 2. The lowest BCUT2D eigenvalue weighted by Crippen LogP contribution is -2.21. The van der Waals surface area contributed by atoms with Crippen molar-refractivity contribution in [1.82, 2.24) is 5.48 Å². The summed E-state index contributed by atoms with van der Waals surface area (Å²) in [7, 11) is 0. The Kier molecular flexibility index (Phi) is 3.82. The van der Waals surface area contributed by atoms with Crippen LogP contribution in [0.1, 0.15) is 23.0 Å². The third-order valence-corrected chi connectivity index (χ3v) is 4.90. The van der Waals surface area contributed by atoms with Gasteiger partial charge < -0.3 is 9.47 Å². The second-order valence-corrected chi connectivity index (χ2v) is 6.40. The maximum Gasteiger partial charge on any atom is 0.247 e. The number of hydrogen-bond acceptors (Lipinski definition) is 4. The highest BCUT2D eigenvalue weighted by molar-refractivity contribution is 6.32. The predicted molar refractivity (Wildman–Crippen MR) is 87.8 cm³/mol. The van der Waals surface area contributed by atoms with Crippen molar-refractivity contribution in [2.24, 2.45) is 5.92 Å². The topological polar surface area (TPSA) is 67.8 Å². The highest BCUT2D eigenvalue weighted by atomic mass is 35.5. The number of halogens is 1. The first-order chi connectivity index (χ1) is 11.7. The minimum Gasteiger partial charge on any atom is -0.486 e. The smallest absolute Gasteiger partial charge is 0.247 e. The van der Waals surface area contributed by atoms with E-state index in [2.05, 4.69) is 0 Å². The van der Waals surface area contributed by atoms with Gasteiger partial charge in [0.1, 0.15) is 13.2 Å². The van der Waals surface area contributed by atoms with Crippen molar-refractivity contribution in [2.75, 3.05) is 13.2 Å². The molecule has 2 aromatic carbocycles. The molecule has 1 heterocycles. The Morgan fingerprint density at radius 3 is 2.54 bits per heavy atom. The first kappa shape index (κ1) is 15.3. The van der Waals surface area contributed by atoms with Gasteiger partial charge in [0.2, 0.25) is 5.91 Å². The van der Waals surface area contributed by atoms with Crippen LogP contribution in [0.5, 0.6) is 11.5 Å². The van der Waals surface area contributed by atoms with Gasteiger partial charge >= 0.3 is 0 Å². The van der Waals surface area contributed by atoms with Crippen molar-refractivity contribution in [3.8, 4) is 11.5 Å². The van der Waals surface area contributed by atoms with Crippen LogP contribution in [-0.2, 0) is 4.79 Å². The van der Waals surface area contributed by atoms with Crippen molar-refractivity contribution in [2.45, 2.75) is 11.8 Å². The van der Waals surface area contributed by atoms with E-state index in [0.29, 0.717) is 29.7 Å². The molecule has 24 heavy (non-hydrogen) atoms. The zero-order chi connectivity index (χ0) is 16.7. The summed E-state index contributed by atoms with van der Waals surface area (Å²) < 4.78 is 11.2. The van der Waals surface area contributed by atoms with Crippen molar-refractivity contribution in [3.05, 3.63) is 58.6 Å². The Bertz CT molecular complexity index is 780. The van der Waals surface area contributed by atoms with Crippen LogP contribution in [0.25, 0.3) is 0 Å². The maximum absolute atomic E-state index is 12.1. The summed E-state index contributed by atoms with van der Waals surface area (Å²) >= 11 is 6.32. The summed E-state index contributed by atoms with van der Waals surface area (Å²) in [6.45, 7) is 0.942. The minimum absolute atomic E-state index is 0.00280. The van der Waals surface area contributed by atoms with E-state index in [0.717, 1.165) is 11.1 Å². The summed E-state index contributed by atoms with van der Waals surface area (Å²) in [6, 6.07) is 13.5. The van der Waals surface area contributed by atoms with Crippen LogP contribution in [-0.4, -0.2) is 24.3 Å². The number of carbonyl (C=O) groups is 1. The Balaban J connectivity index is 1.72. The zero-order valence-electron chi connectivity index (χ0n) is 12.7. The van der Waals surface area contributed by atoms with E-state index in [1.54, 1.807) is 5.48 Å². The molecule has 4 rings (SSSR count). The van der Waals surface area contributed by atoms with E-state index >= 15 is 0 Å². The van der Waals surface area contributed by atoms with Crippen molar-refractivity contribution in [1.29, 1.82) is 0 Å². The second kappa shape index (κ2) is 6.00. The van der Waals surface area contributed by atoms with Crippen LogP contribution < -0.4 is 15.0 Å². The number of nitrogens with one attached hydrogen (secondary N) is 1. The fourth-order valence-corrected chi connectivity index (χ4v) is 3.81. The van der Waals surface area contributed by atoms with E-state index in [4.69, 9.17) is 26.3 Å². The van der Waals surface area contributed by atoms with Crippen LogP contribution in [0.3, 0.4) is 0 Å². The fraction of sp³-hybridized carbons (Fsp3) is 0.278. The highest BCUT2D eigenvalue weighted by Crippen LogP contribution is 2.61. The van der Waals surface area contributed by atoms with Gasteiger partial charge in [0.05, 0.1) is 10.9 Å². The Morgan fingerprint density at radius 2 is 1.79 bits per heavy atom. The summed E-state index contributed by atoms with van der Waals surface area (Å²) in [4.78, 5) is 12.1. The fourth-order valence-electron chi connectivity index (χ4n) is 3.54. The quantitative estimate of drug-likeness (QED) is 0.662. The standard InChI is InChI=1S/C18H16ClNO4/c19-12-8-11(9-13-17(12)24-7-6-23-13)15-14(16(15)18(21)20-22)10-4-2-1-3-5-10/h1-5,8-9,14-16,22H,6-7H2,(H,20,21)/t14-,15-,16-/m1/s1. The second-order valence-electron chi connectivity index (χ2n) is 5.99. The van der Waals surface area contributed by atoms with Gasteiger partial charge in [-0.05, 0) is 23.3 Å². The molecular formula is C18H16ClNO4. The largest absolute Gasteiger partial charge is 0.486 e. The van der Waals surface area contributed by atoms with Crippen LogP contribution >= 0.6 is 11.6 Å². The van der Waals surface area contributed by atoms with Gasteiger partial charge in [-0.1, -0.05) is 41.9 Å². The zero-order valence-corrected chi connectivity index (χ0v) is 13.5. The highest BCUT2D eigenvalue weighted by Gasteiger charge is 2.56. The molecule has 1 fully saturated rings. The molecule has 2 N–H and O–H groups in total. The predicted octanol–water partition coefficient (Wildman–Crippen LogP) is 3.11. The third kappa shape index (κ3) is 2.50. The van der Waals surface area contributed by atoms with Gasteiger partial charge in [-0.3, -0.25) is 10.0 Å². The molecule has 1 amide bonds. The Hall–Kier alpha value is -2.24. The van der Waals surface area contributed by atoms with Crippen LogP contribution in [0, 0.1) is 5.92 Å². The van der Waals surface area contributed by atoms with Crippen molar-refractivity contribution < 1.29 is 19.5 Å².